The van der Waals surface area contributed by atoms with Crippen molar-refractivity contribution in [1.29, 1.82) is 0 Å². The highest BCUT2D eigenvalue weighted by molar-refractivity contribution is 5.85. The third-order valence-electron chi connectivity index (χ3n) is 2.09. The van der Waals surface area contributed by atoms with Crippen LogP contribution in [0.5, 0.6) is 5.88 Å². The molecule has 0 aromatic carbocycles. The average molecular weight is 261 g/mol. The molecule has 2 N–H and O–H groups in total. The number of nitrogens with zero attached hydrogens (tertiary/aromatic N) is 1. The van der Waals surface area contributed by atoms with Gasteiger partial charge in [-0.05, 0) is 12.5 Å². The first kappa shape index (κ1) is 15.7. The summed E-state index contributed by atoms with van der Waals surface area (Å²) in [7, 11) is 1.54. The van der Waals surface area contributed by atoms with Crippen molar-refractivity contribution in [3.63, 3.8) is 0 Å². The molecule has 0 amide bonds. The van der Waals surface area contributed by atoms with Gasteiger partial charge in [-0.2, -0.15) is 0 Å². The van der Waals surface area contributed by atoms with Crippen molar-refractivity contribution in [2.45, 2.75) is 19.4 Å². The molecule has 0 aliphatic rings. The molecule has 0 fully saturated rings. The topological polar surface area (TPSA) is 74.4 Å². The summed E-state index contributed by atoms with van der Waals surface area (Å²) in [5.41, 5.74) is 6.62. The average Bonchev–Trinajstić information content (AvgIpc) is 2.29. The Morgan fingerprint density at radius 3 is 2.71 bits per heavy atom. The number of hydrogen-bond donors (Lipinski definition) is 1. The van der Waals surface area contributed by atoms with Crippen LogP contribution in [0.25, 0.3) is 0 Å². The number of hydrogen-bond acceptors (Lipinski definition) is 5. The zero-order valence-electron chi connectivity index (χ0n) is 9.88. The summed E-state index contributed by atoms with van der Waals surface area (Å²) in [6, 6.07) is 3.10. The van der Waals surface area contributed by atoms with Crippen molar-refractivity contribution in [2.75, 3.05) is 13.7 Å². The molecule has 0 aliphatic carbocycles. The molecule has 96 valence electrons. The maximum atomic E-state index is 11.2. The Balaban J connectivity index is 0.00000256. The largest absolute Gasteiger partial charge is 0.481 e. The molecule has 1 aromatic heterocycles. The highest BCUT2D eigenvalue weighted by Gasteiger charge is 2.12. The summed E-state index contributed by atoms with van der Waals surface area (Å²) < 4.78 is 9.74. The summed E-state index contributed by atoms with van der Waals surface area (Å²) in [4.78, 5) is 15.2. The zero-order chi connectivity index (χ0) is 12.0. The van der Waals surface area contributed by atoms with Crippen LogP contribution < -0.4 is 10.5 Å². The Bertz CT molecular complexity index is 343. The van der Waals surface area contributed by atoms with Crippen LogP contribution in [0.2, 0.25) is 0 Å². The summed E-state index contributed by atoms with van der Waals surface area (Å²) >= 11 is 0. The van der Waals surface area contributed by atoms with E-state index in [1.54, 1.807) is 32.4 Å². The fraction of sp³-hybridized carbons (Fsp3) is 0.455. The van der Waals surface area contributed by atoms with E-state index in [9.17, 15) is 4.79 Å². The number of ether oxygens (including phenoxy) is 2. The van der Waals surface area contributed by atoms with E-state index in [1.807, 2.05) is 0 Å². The van der Waals surface area contributed by atoms with Crippen LogP contribution in [0.1, 0.15) is 24.9 Å². The standard InChI is InChI=1S/C11H16N2O3.ClH/c1-3-16-11(14)6-9(12)8-4-5-10(15-2)13-7-8;/h4-5,7,9H,3,6,12H2,1-2H3;1H/t9-;/m0./s1. The lowest BCUT2D eigenvalue weighted by Crippen LogP contribution is -2.17. The van der Waals surface area contributed by atoms with Gasteiger partial charge in [-0.1, -0.05) is 6.07 Å². The summed E-state index contributed by atoms with van der Waals surface area (Å²) in [6.07, 6.45) is 1.75. The number of methoxy groups -OCH3 is 1. The second-order valence-electron chi connectivity index (χ2n) is 3.25. The van der Waals surface area contributed by atoms with Crippen molar-refractivity contribution in [3.05, 3.63) is 23.9 Å². The van der Waals surface area contributed by atoms with Gasteiger partial charge < -0.3 is 15.2 Å². The van der Waals surface area contributed by atoms with E-state index in [0.717, 1.165) is 5.56 Å². The van der Waals surface area contributed by atoms with Gasteiger partial charge in [0, 0.05) is 18.3 Å². The van der Waals surface area contributed by atoms with Crippen LogP contribution in [0, 0.1) is 0 Å². The Kier molecular flexibility index (Phi) is 7.25. The predicted molar refractivity (Wildman–Crippen MR) is 66.2 cm³/mol. The second-order valence-corrected chi connectivity index (χ2v) is 3.25. The Hall–Kier alpha value is -1.33. The third-order valence-corrected chi connectivity index (χ3v) is 2.09. The van der Waals surface area contributed by atoms with E-state index in [0.29, 0.717) is 12.5 Å². The number of carbonyl (C=O) groups excluding carboxylic acids is 1. The van der Waals surface area contributed by atoms with Gasteiger partial charge in [-0.25, -0.2) is 4.98 Å². The van der Waals surface area contributed by atoms with Gasteiger partial charge in [0.1, 0.15) is 0 Å². The SMILES string of the molecule is CCOC(=O)C[C@H](N)c1ccc(OC)nc1.Cl. The quantitative estimate of drug-likeness (QED) is 0.812. The van der Waals surface area contributed by atoms with Gasteiger partial charge in [0.05, 0.1) is 20.1 Å². The molecule has 5 nitrogen and oxygen atoms in total. The van der Waals surface area contributed by atoms with Gasteiger partial charge in [-0.3, -0.25) is 4.79 Å². The smallest absolute Gasteiger partial charge is 0.307 e. The number of halogens is 1. The van der Waals surface area contributed by atoms with Crippen molar-refractivity contribution in [3.8, 4) is 5.88 Å². The highest BCUT2D eigenvalue weighted by atomic mass is 35.5. The third kappa shape index (κ3) is 5.01. The summed E-state index contributed by atoms with van der Waals surface area (Å²) in [5, 5.41) is 0. The molecule has 1 atom stereocenters. The molecular weight excluding hydrogens is 244 g/mol. The first-order chi connectivity index (χ1) is 7.67. The minimum Gasteiger partial charge on any atom is -0.481 e. The monoisotopic (exact) mass is 260 g/mol. The molecule has 0 bridgehead atoms. The number of nitrogens with two attached hydrogens (primary N) is 1. The number of aromatic nitrogens is 1. The lowest BCUT2D eigenvalue weighted by molar-refractivity contribution is -0.143. The lowest BCUT2D eigenvalue weighted by atomic mass is 10.1. The molecule has 1 heterocycles. The van der Waals surface area contributed by atoms with Gasteiger partial charge in [0.2, 0.25) is 5.88 Å². The van der Waals surface area contributed by atoms with Crippen LogP contribution in [-0.4, -0.2) is 24.7 Å². The Morgan fingerprint density at radius 2 is 2.24 bits per heavy atom. The zero-order valence-corrected chi connectivity index (χ0v) is 10.7. The molecule has 0 unspecified atom stereocenters. The summed E-state index contributed by atoms with van der Waals surface area (Å²) in [6.45, 7) is 2.13. The summed E-state index contributed by atoms with van der Waals surface area (Å²) in [5.74, 6) is 0.220. The lowest BCUT2D eigenvalue weighted by Gasteiger charge is -2.10. The Morgan fingerprint density at radius 1 is 1.53 bits per heavy atom. The molecule has 0 saturated carbocycles. The predicted octanol–water partition coefficient (Wildman–Crippen LogP) is 1.46. The van der Waals surface area contributed by atoms with E-state index in [1.165, 1.54) is 0 Å². The van der Waals surface area contributed by atoms with Crippen molar-refractivity contribution >= 4 is 18.4 Å². The van der Waals surface area contributed by atoms with E-state index in [-0.39, 0.29) is 24.8 Å². The molecule has 0 saturated heterocycles. The van der Waals surface area contributed by atoms with Gasteiger partial charge in [-0.15, -0.1) is 12.4 Å². The van der Waals surface area contributed by atoms with Crippen molar-refractivity contribution in [2.24, 2.45) is 5.73 Å². The molecule has 1 rings (SSSR count). The van der Waals surface area contributed by atoms with Crippen molar-refractivity contribution in [1.82, 2.24) is 4.98 Å². The minimum atomic E-state index is -0.391. The number of rotatable bonds is 5. The van der Waals surface area contributed by atoms with E-state index < -0.39 is 6.04 Å². The molecule has 6 heteroatoms. The first-order valence-corrected chi connectivity index (χ1v) is 5.08. The minimum absolute atomic E-state index is 0. The number of pyridine rings is 1. The Labute approximate surface area is 107 Å². The normalized spacial score (nSPS) is 11.2. The van der Waals surface area contributed by atoms with E-state index >= 15 is 0 Å². The number of carbonyl (C=O) groups is 1. The molecule has 17 heavy (non-hydrogen) atoms. The van der Waals surface area contributed by atoms with Crippen molar-refractivity contribution < 1.29 is 14.3 Å². The first-order valence-electron chi connectivity index (χ1n) is 5.08. The fourth-order valence-electron chi connectivity index (χ4n) is 1.25. The molecule has 0 spiro atoms. The van der Waals surface area contributed by atoms with Crippen LogP contribution in [0.4, 0.5) is 0 Å². The molecular formula is C11H17ClN2O3. The maximum absolute atomic E-state index is 11.2. The van der Waals surface area contributed by atoms with Gasteiger partial charge in [0.25, 0.3) is 0 Å². The van der Waals surface area contributed by atoms with Gasteiger partial charge in [0.15, 0.2) is 0 Å². The van der Waals surface area contributed by atoms with Gasteiger partial charge >= 0.3 is 5.97 Å². The maximum Gasteiger partial charge on any atom is 0.307 e. The van der Waals surface area contributed by atoms with Crippen LogP contribution in [0.15, 0.2) is 18.3 Å². The second kappa shape index (κ2) is 7.86. The van der Waals surface area contributed by atoms with Crippen LogP contribution in [0.3, 0.4) is 0 Å². The molecule has 1 aromatic rings. The van der Waals surface area contributed by atoms with Crippen LogP contribution >= 0.6 is 12.4 Å². The fourth-order valence-corrected chi connectivity index (χ4v) is 1.25. The molecule has 0 aliphatic heterocycles. The highest BCUT2D eigenvalue weighted by Crippen LogP contribution is 2.15. The van der Waals surface area contributed by atoms with Crippen LogP contribution in [-0.2, 0) is 9.53 Å². The number of esters is 1. The van der Waals surface area contributed by atoms with E-state index in [2.05, 4.69) is 4.98 Å². The van der Waals surface area contributed by atoms with E-state index in [4.69, 9.17) is 15.2 Å². The molecule has 0 radical (unpaired) electrons.